The predicted molar refractivity (Wildman–Crippen MR) is 43.1 cm³/mol. The molecule has 4 nitrogen and oxygen atoms in total. The van der Waals surface area contributed by atoms with Gasteiger partial charge in [-0.25, -0.2) is 0 Å². The Morgan fingerprint density at radius 1 is 1.50 bits per heavy atom. The van der Waals surface area contributed by atoms with E-state index in [0.29, 0.717) is 19.8 Å². The van der Waals surface area contributed by atoms with E-state index < -0.39 is 0 Å². The van der Waals surface area contributed by atoms with Crippen LogP contribution in [0.4, 0.5) is 0 Å². The number of aliphatic hydroxyl groups is 1. The normalized spacial score (nSPS) is 29.5. The predicted octanol–water partition coefficient (Wildman–Crippen LogP) is -0.201. The van der Waals surface area contributed by atoms with E-state index in [9.17, 15) is 0 Å². The van der Waals surface area contributed by atoms with Crippen LogP contribution in [0.2, 0.25) is 0 Å². The number of aliphatic hydroxyl groups excluding tert-OH is 1. The van der Waals surface area contributed by atoms with Crippen molar-refractivity contribution in [2.45, 2.75) is 18.6 Å². The molecule has 1 N–H and O–H groups in total. The SMILES string of the molecule is COCCOC1CO[C@H](CO)C1. The van der Waals surface area contributed by atoms with Crippen LogP contribution in [0.25, 0.3) is 0 Å². The first kappa shape index (κ1) is 9.92. The molecular formula is C8H16O4. The zero-order valence-electron chi connectivity index (χ0n) is 7.36. The summed E-state index contributed by atoms with van der Waals surface area (Å²) >= 11 is 0. The summed E-state index contributed by atoms with van der Waals surface area (Å²) in [4.78, 5) is 0. The lowest BCUT2D eigenvalue weighted by atomic mass is 10.2. The van der Waals surface area contributed by atoms with Crippen molar-refractivity contribution in [3.63, 3.8) is 0 Å². The first-order valence-electron chi connectivity index (χ1n) is 4.19. The van der Waals surface area contributed by atoms with Gasteiger partial charge in [0.1, 0.15) is 0 Å². The molecule has 0 aromatic carbocycles. The maximum Gasteiger partial charge on any atom is 0.0835 e. The minimum absolute atomic E-state index is 0.0301. The Labute approximate surface area is 72.4 Å². The molecule has 0 amide bonds. The van der Waals surface area contributed by atoms with Crippen LogP contribution in [0.1, 0.15) is 6.42 Å². The third-order valence-corrected chi connectivity index (χ3v) is 1.89. The number of hydrogen-bond donors (Lipinski definition) is 1. The second-order valence-electron chi connectivity index (χ2n) is 2.86. The second-order valence-corrected chi connectivity index (χ2v) is 2.86. The average molecular weight is 176 g/mol. The number of methoxy groups -OCH3 is 1. The van der Waals surface area contributed by atoms with Gasteiger partial charge in [-0.2, -0.15) is 0 Å². The molecule has 1 fully saturated rings. The maximum atomic E-state index is 8.75. The van der Waals surface area contributed by atoms with Crippen LogP contribution < -0.4 is 0 Å². The summed E-state index contributed by atoms with van der Waals surface area (Å²) in [6.45, 7) is 1.89. The van der Waals surface area contributed by atoms with E-state index >= 15 is 0 Å². The highest BCUT2D eigenvalue weighted by molar-refractivity contribution is 4.72. The smallest absolute Gasteiger partial charge is 0.0835 e. The van der Waals surface area contributed by atoms with Gasteiger partial charge in [0.15, 0.2) is 0 Å². The first-order chi connectivity index (χ1) is 5.86. The topological polar surface area (TPSA) is 47.9 Å². The highest BCUT2D eigenvalue weighted by Crippen LogP contribution is 2.15. The van der Waals surface area contributed by atoms with Crippen LogP contribution in [0.15, 0.2) is 0 Å². The van der Waals surface area contributed by atoms with Gasteiger partial charge in [0.25, 0.3) is 0 Å². The molecule has 0 aromatic heterocycles. The Morgan fingerprint density at radius 3 is 2.92 bits per heavy atom. The molecular weight excluding hydrogens is 160 g/mol. The second kappa shape index (κ2) is 5.48. The number of ether oxygens (including phenoxy) is 3. The van der Waals surface area contributed by atoms with Crippen LogP contribution in [-0.4, -0.2) is 50.9 Å². The highest BCUT2D eigenvalue weighted by atomic mass is 16.6. The van der Waals surface area contributed by atoms with Crippen LogP contribution >= 0.6 is 0 Å². The van der Waals surface area contributed by atoms with E-state index in [0.717, 1.165) is 6.42 Å². The maximum absolute atomic E-state index is 8.75. The standard InChI is InChI=1S/C8H16O4/c1-10-2-3-11-8-4-7(5-9)12-6-8/h7-9H,2-6H2,1H3/t7-,8?/m0/s1. The zero-order valence-corrected chi connectivity index (χ0v) is 7.36. The number of rotatable bonds is 5. The lowest BCUT2D eigenvalue weighted by Gasteiger charge is -2.08. The zero-order chi connectivity index (χ0) is 8.81. The van der Waals surface area contributed by atoms with Gasteiger partial charge >= 0.3 is 0 Å². The number of hydrogen-bond acceptors (Lipinski definition) is 4. The Kier molecular flexibility index (Phi) is 4.53. The van der Waals surface area contributed by atoms with Gasteiger partial charge in [0.2, 0.25) is 0 Å². The van der Waals surface area contributed by atoms with Crippen molar-refractivity contribution in [2.75, 3.05) is 33.5 Å². The van der Waals surface area contributed by atoms with Gasteiger partial charge in [-0.1, -0.05) is 0 Å². The van der Waals surface area contributed by atoms with Crippen LogP contribution in [-0.2, 0) is 14.2 Å². The van der Waals surface area contributed by atoms with Crippen molar-refractivity contribution in [3.8, 4) is 0 Å². The molecule has 2 atom stereocenters. The van der Waals surface area contributed by atoms with Crippen molar-refractivity contribution in [1.82, 2.24) is 0 Å². The van der Waals surface area contributed by atoms with Crippen molar-refractivity contribution < 1.29 is 19.3 Å². The van der Waals surface area contributed by atoms with E-state index in [2.05, 4.69) is 0 Å². The molecule has 12 heavy (non-hydrogen) atoms. The van der Waals surface area contributed by atoms with Crippen molar-refractivity contribution in [3.05, 3.63) is 0 Å². The van der Waals surface area contributed by atoms with Gasteiger partial charge in [0, 0.05) is 13.5 Å². The Morgan fingerprint density at radius 2 is 2.33 bits per heavy atom. The van der Waals surface area contributed by atoms with Crippen LogP contribution in [0.5, 0.6) is 0 Å². The average Bonchev–Trinajstić information content (AvgIpc) is 2.53. The molecule has 0 aliphatic carbocycles. The molecule has 1 aliphatic rings. The minimum atomic E-state index is -0.0301. The molecule has 1 heterocycles. The molecule has 72 valence electrons. The molecule has 0 aromatic rings. The largest absolute Gasteiger partial charge is 0.394 e. The fourth-order valence-corrected chi connectivity index (χ4v) is 1.21. The van der Waals surface area contributed by atoms with Crippen molar-refractivity contribution in [2.24, 2.45) is 0 Å². The summed E-state index contributed by atoms with van der Waals surface area (Å²) in [7, 11) is 1.64. The molecule has 1 aliphatic heterocycles. The van der Waals surface area contributed by atoms with Crippen molar-refractivity contribution in [1.29, 1.82) is 0 Å². The van der Waals surface area contributed by atoms with E-state index in [4.69, 9.17) is 19.3 Å². The van der Waals surface area contributed by atoms with Gasteiger partial charge in [-0.3, -0.25) is 0 Å². The summed E-state index contributed by atoms with van der Waals surface area (Å²) < 4.78 is 15.5. The van der Waals surface area contributed by atoms with Gasteiger partial charge in [-0.15, -0.1) is 0 Å². The summed E-state index contributed by atoms with van der Waals surface area (Å²) in [5.41, 5.74) is 0. The molecule has 0 saturated carbocycles. The Bertz CT molecular complexity index is 118. The third kappa shape index (κ3) is 3.06. The van der Waals surface area contributed by atoms with E-state index in [-0.39, 0.29) is 18.8 Å². The molecule has 1 saturated heterocycles. The van der Waals surface area contributed by atoms with Gasteiger partial charge in [0.05, 0.1) is 38.6 Å². The third-order valence-electron chi connectivity index (χ3n) is 1.89. The molecule has 0 radical (unpaired) electrons. The summed E-state index contributed by atoms with van der Waals surface area (Å²) in [6.07, 6.45) is 0.898. The first-order valence-corrected chi connectivity index (χ1v) is 4.19. The molecule has 1 rings (SSSR count). The van der Waals surface area contributed by atoms with Gasteiger partial charge in [-0.05, 0) is 0 Å². The quantitative estimate of drug-likeness (QED) is 0.589. The highest BCUT2D eigenvalue weighted by Gasteiger charge is 2.24. The molecule has 1 unspecified atom stereocenters. The van der Waals surface area contributed by atoms with E-state index in [1.807, 2.05) is 0 Å². The van der Waals surface area contributed by atoms with Crippen molar-refractivity contribution >= 4 is 0 Å². The Hall–Kier alpha value is -0.160. The minimum Gasteiger partial charge on any atom is -0.394 e. The molecule has 0 spiro atoms. The summed E-state index contributed by atoms with van der Waals surface area (Å²) in [6, 6.07) is 0. The fraction of sp³-hybridized carbons (Fsp3) is 1.00. The fourth-order valence-electron chi connectivity index (χ4n) is 1.21. The van der Waals surface area contributed by atoms with Crippen LogP contribution in [0, 0.1) is 0 Å². The van der Waals surface area contributed by atoms with E-state index in [1.165, 1.54) is 0 Å². The Balaban J connectivity index is 2.03. The van der Waals surface area contributed by atoms with Gasteiger partial charge < -0.3 is 19.3 Å². The lowest BCUT2D eigenvalue weighted by Crippen LogP contribution is -2.16. The molecule has 4 heteroatoms. The summed E-state index contributed by atoms with van der Waals surface area (Å²) in [5.74, 6) is 0. The lowest BCUT2D eigenvalue weighted by molar-refractivity contribution is 0.00772. The molecule has 0 bridgehead atoms. The monoisotopic (exact) mass is 176 g/mol. The van der Waals surface area contributed by atoms with E-state index in [1.54, 1.807) is 7.11 Å². The summed E-state index contributed by atoms with van der Waals surface area (Å²) in [5, 5.41) is 8.75. The van der Waals surface area contributed by atoms with Crippen LogP contribution in [0.3, 0.4) is 0 Å².